The molecule has 1 heterocycles. The van der Waals surface area contributed by atoms with Crippen molar-refractivity contribution in [3.8, 4) is 5.75 Å². The third-order valence-corrected chi connectivity index (χ3v) is 8.30. The van der Waals surface area contributed by atoms with E-state index in [9.17, 15) is 9.90 Å². The lowest BCUT2D eigenvalue weighted by Crippen LogP contribution is -2.49. The van der Waals surface area contributed by atoms with Gasteiger partial charge in [-0.2, -0.15) is 0 Å². The van der Waals surface area contributed by atoms with Crippen LogP contribution in [-0.2, 0) is 16.6 Å². The van der Waals surface area contributed by atoms with Gasteiger partial charge in [0.1, 0.15) is 5.75 Å². The molecule has 0 bridgehead atoms. The summed E-state index contributed by atoms with van der Waals surface area (Å²) < 4.78 is 11.4. The normalized spacial score (nSPS) is 26.4. The fourth-order valence-corrected chi connectivity index (χ4v) is 6.28. The van der Waals surface area contributed by atoms with Gasteiger partial charge in [-0.25, -0.2) is 4.79 Å². The summed E-state index contributed by atoms with van der Waals surface area (Å²) in [6.07, 6.45) is 6.35. The lowest BCUT2D eigenvalue weighted by molar-refractivity contribution is 0.0460. The lowest BCUT2D eigenvalue weighted by atomic mass is 9.68. The second-order valence-electron chi connectivity index (χ2n) is 10.0. The van der Waals surface area contributed by atoms with Crippen LogP contribution in [0.25, 0.3) is 0 Å². The first-order valence-corrected chi connectivity index (χ1v) is 12.5. The Bertz CT molecular complexity index is 1100. The van der Waals surface area contributed by atoms with Gasteiger partial charge in [0.15, 0.2) is 0 Å². The number of halogens is 1. The molecule has 0 radical (unpaired) electrons. The number of hydrogen-bond acceptors (Lipinski definition) is 5. The molecule has 6 heteroatoms. The second-order valence-corrected chi connectivity index (χ2v) is 10.4. The average molecular weight is 482 g/mol. The smallest absolute Gasteiger partial charge is 0.337 e. The molecule has 180 valence electrons. The number of aryl methyl sites for hydroxylation is 1. The molecule has 1 fully saturated rings. The number of nitrogens with zero attached hydrogens (tertiary/aromatic N) is 1. The summed E-state index contributed by atoms with van der Waals surface area (Å²) >= 11 is 6.34. The number of hydrogen-bond donors (Lipinski definition) is 1. The molecule has 0 amide bonds. The van der Waals surface area contributed by atoms with Gasteiger partial charge < -0.3 is 19.5 Å². The van der Waals surface area contributed by atoms with Gasteiger partial charge in [-0.05, 0) is 85.4 Å². The SMILES string of the molecule is C=C[C@H](O)[C@@H]1CC[C@H]1CN1C[C@@]2(CCCc3cc(Cl)ccc32)COc2ccc(C(=O)OC)cc21. The first kappa shape index (κ1) is 23.3. The van der Waals surface area contributed by atoms with E-state index in [4.69, 9.17) is 21.1 Å². The van der Waals surface area contributed by atoms with E-state index in [1.165, 1.54) is 18.2 Å². The molecule has 5 rings (SSSR count). The van der Waals surface area contributed by atoms with Crippen LogP contribution < -0.4 is 9.64 Å². The molecule has 0 aromatic heterocycles. The van der Waals surface area contributed by atoms with E-state index >= 15 is 0 Å². The molecular formula is C28H32ClNO4. The van der Waals surface area contributed by atoms with Crippen molar-refractivity contribution in [2.24, 2.45) is 11.8 Å². The molecule has 1 N–H and O–H groups in total. The van der Waals surface area contributed by atoms with Crippen LogP contribution in [0.5, 0.6) is 5.75 Å². The Labute approximate surface area is 206 Å². The van der Waals surface area contributed by atoms with Gasteiger partial charge in [0, 0.05) is 23.5 Å². The number of anilines is 1. The van der Waals surface area contributed by atoms with Gasteiger partial charge in [-0.15, -0.1) is 6.58 Å². The highest BCUT2D eigenvalue weighted by Gasteiger charge is 2.44. The summed E-state index contributed by atoms with van der Waals surface area (Å²) in [4.78, 5) is 14.7. The minimum atomic E-state index is -0.491. The molecule has 3 aliphatic rings. The monoisotopic (exact) mass is 481 g/mol. The number of carbonyl (C=O) groups is 1. The predicted molar refractivity (Wildman–Crippen MR) is 134 cm³/mol. The van der Waals surface area contributed by atoms with E-state index in [1.54, 1.807) is 12.1 Å². The van der Waals surface area contributed by atoms with Crippen LogP contribution in [0.15, 0.2) is 49.1 Å². The van der Waals surface area contributed by atoms with Gasteiger partial charge in [-0.1, -0.05) is 23.7 Å². The summed E-state index contributed by atoms with van der Waals surface area (Å²) in [6.45, 7) is 5.94. The van der Waals surface area contributed by atoms with Crippen LogP contribution in [0.3, 0.4) is 0 Å². The molecule has 0 unspecified atom stereocenters. The van der Waals surface area contributed by atoms with Crippen LogP contribution in [0.1, 0.15) is 47.2 Å². The number of ether oxygens (including phenoxy) is 2. The zero-order valence-corrected chi connectivity index (χ0v) is 20.4. The van der Waals surface area contributed by atoms with Crippen molar-refractivity contribution >= 4 is 23.3 Å². The number of aliphatic hydroxyl groups is 1. The van der Waals surface area contributed by atoms with E-state index < -0.39 is 6.10 Å². The van der Waals surface area contributed by atoms with E-state index in [0.29, 0.717) is 18.1 Å². The van der Waals surface area contributed by atoms with Crippen LogP contribution in [0.4, 0.5) is 5.69 Å². The molecule has 2 aromatic carbocycles. The molecular weight excluding hydrogens is 450 g/mol. The van der Waals surface area contributed by atoms with Crippen molar-refractivity contribution in [1.29, 1.82) is 0 Å². The minimum absolute atomic E-state index is 0.168. The van der Waals surface area contributed by atoms with Crippen LogP contribution >= 0.6 is 11.6 Å². The molecule has 2 aliphatic carbocycles. The van der Waals surface area contributed by atoms with Crippen molar-refractivity contribution < 1.29 is 19.4 Å². The van der Waals surface area contributed by atoms with Gasteiger partial charge in [0.25, 0.3) is 0 Å². The van der Waals surface area contributed by atoms with E-state index in [1.807, 2.05) is 18.2 Å². The Hall–Kier alpha value is -2.50. The van der Waals surface area contributed by atoms with Crippen molar-refractivity contribution in [3.05, 3.63) is 70.8 Å². The third-order valence-electron chi connectivity index (χ3n) is 8.07. The van der Waals surface area contributed by atoms with Crippen LogP contribution in [0, 0.1) is 11.8 Å². The number of fused-ring (bicyclic) bond motifs is 3. The Kier molecular flexibility index (Phi) is 6.34. The zero-order chi connectivity index (χ0) is 23.9. The van der Waals surface area contributed by atoms with Crippen molar-refractivity contribution in [2.75, 3.05) is 31.7 Å². The zero-order valence-electron chi connectivity index (χ0n) is 19.6. The maximum atomic E-state index is 12.3. The topological polar surface area (TPSA) is 59.0 Å². The summed E-state index contributed by atoms with van der Waals surface area (Å²) in [5.41, 5.74) is 3.87. The molecule has 1 spiro atoms. The van der Waals surface area contributed by atoms with E-state index in [-0.39, 0.29) is 17.3 Å². The Morgan fingerprint density at radius 3 is 2.94 bits per heavy atom. The van der Waals surface area contributed by atoms with Crippen molar-refractivity contribution in [2.45, 2.75) is 43.6 Å². The number of aliphatic hydroxyl groups excluding tert-OH is 1. The number of benzene rings is 2. The van der Waals surface area contributed by atoms with Gasteiger partial charge in [0.2, 0.25) is 0 Å². The quantitative estimate of drug-likeness (QED) is 0.471. The Morgan fingerprint density at radius 2 is 2.21 bits per heavy atom. The summed E-state index contributed by atoms with van der Waals surface area (Å²) in [7, 11) is 1.40. The molecule has 4 atom stereocenters. The van der Waals surface area contributed by atoms with Gasteiger partial charge in [-0.3, -0.25) is 0 Å². The molecule has 1 saturated carbocycles. The second kappa shape index (κ2) is 9.27. The maximum Gasteiger partial charge on any atom is 0.337 e. The third kappa shape index (κ3) is 4.09. The van der Waals surface area contributed by atoms with E-state index in [2.05, 4.69) is 23.6 Å². The minimum Gasteiger partial charge on any atom is -0.490 e. The fourth-order valence-electron chi connectivity index (χ4n) is 6.09. The molecule has 5 nitrogen and oxygen atoms in total. The van der Waals surface area contributed by atoms with Gasteiger partial charge >= 0.3 is 5.97 Å². The number of carbonyl (C=O) groups excluding carboxylic acids is 1. The highest BCUT2D eigenvalue weighted by Crippen LogP contribution is 2.46. The van der Waals surface area contributed by atoms with Crippen LogP contribution in [-0.4, -0.2) is 44.0 Å². The fraction of sp³-hybridized carbons (Fsp3) is 0.464. The number of rotatable bonds is 5. The molecule has 0 saturated heterocycles. The standard InChI is InChI=1S/C28H32ClNO4/c1-3-25(31)22-9-6-20(22)15-30-16-28(12-4-5-18-13-21(29)8-10-23(18)28)17-34-26-11-7-19(14-24(26)30)27(32)33-2/h3,7-8,10-11,13-14,20,22,25,31H,1,4-6,9,12,15-17H2,2H3/t20-,22+,25-,28-/m0/s1. The Morgan fingerprint density at radius 1 is 1.35 bits per heavy atom. The summed E-state index contributed by atoms with van der Waals surface area (Å²) in [5.74, 6) is 0.988. The molecule has 34 heavy (non-hydrogen) atoms. The molecule has 1 aliphatic heterocycles. The first-order valence-electron chi connectivity index (χ1n) is 12.1. The summed E-state index contributed by atoms with van der Waals surface area (Å²) in [5, 5.41) is 11.2. The predicted octanol–water partition coefficient (Wildman–Crippen LogP) is 5.17. The van der Waals surface area contributed by atoms with Crippen molar-refractivity contribution in [3.63, 3.8) is 0 Å². The van der Waals surface area contributed by atoms with Crippen LogP contribution in [0.2, 0.25) is 5.02 Å². The van der Waals surface area contributed by atoms with Crippen molar-refractivity contribution in [1.82, 2.24) is 0 Å². The first-order chi connectivity index (χ1) is 16.4. The highest BCUT2D eigenvalue weighted by molar-refractivity contribution is 6.30. The summed E-state index contributed by atoms with van der Waals surface area (Å²) in [6, 6.07) is 11.8. The average Bonchev–Trinajstić information content (AvgIpc) is 2.98. The highest BCUT2D eigenvalue weighted by atomic mass is 35.5. The maximum absolute atomic E-state index is 12.3. The molecule has 2 aromatic rings. The van der Waals surface area contributed by atoms with E-state index in [0.717, 1.165) is 61.7 Å². The Balaban J connectivity index is 1.55. The largest absolute Gasteiger partial charge is 0.490 e. The lowest BCUT2D eigenvalue weighted by Gasteiger charge is -2.45. The number of methoxy groups -OCH3 is 1. The van der Waals surface area contributed by atoms with Gasteiger partial charge in [0.05, 0.1) is 31.1 Å². The number of esters is 1.